The Labute approximate surface area is 134 Å². The quantitative estimate of drug-likeness (QED) is 0.773. The molecule has 0 aliphatic carbocycles. The molecule has 0 spiro atoms. The van der Waals surface area contributed by atoms with E-state index in [-0.39, 0.29) is 0 Å². The van der Waals surface area contributed by atoms with E-state index in [2.05, 4.69) is 67.3 Å². The third kappa shape index (κ3) is 4.31. The fourth-order valence-electron chi connectivity index (χ4n) is 1.60. The van der Waals surface area contributed by atoms with Crippen molar-refractivity contribution in [2.45, 2.75) is 23.4 Å². The lowest BCUT2D eigenvalue weighted by Gasteiger charge is -2.10. The molecule has 1 aromatic carbocycles. The van der Waals surface area contributed by atoms with Crippen molar-refractivity contribution >= 4 is 43.6 Å². The highest BCUT2D eigenvalue weighted by Crippen LogP contribution is 2.34. The lowest BCUT2D eigenvalue weighted by molar-refractivity contribution is 0.717. The van der Waals surface area contributed by atoms with Crippen LogP contribution in [0, 0.1) is 0 Å². The Balaban J connectivity index is 2.26. The number of pyridine rings is 1. The van der Waals surface area contributed by atoms with Crippen LogP contribution in [0.1, 0.15) is 12.5 Å². The zero-order valence-corrected chi connectivity index (χ0v) is 14.5. The summed E-state index contributed by atoms with van der Waals surface area (Å²) in [5.74, 6) is 0. The maximum atomic E-state index is 4.40. The van der Waals surface area contributed by atoms with Crippen LogP contribution >= 0.6 is 43.6 Å². The van der Waals surface area contributed by atoms with Crippen molar-refractivity contribution in [3.05, 3.63) is 51.0 Å². The van der Waals surface area contributed by atoms with Gasteiger partial charge in [-0.2, -0.15) is 0 Å². The minimum Gasteiger partial charge on any atom is -0.313 e. The second-order valence-corrected chi connectivity index (χ2v) is 6.73. The van der Waals surface area contributed by atoms with E-state index in [0.29, 0.717) is 0 Å². The van der Waals surface area contributed by atoms with Gasteiger partial charge >= 0.3 is 0 Å². The number of hydrogen-bond donors (Lipinski definition) is 1. The Morgan fingerprint density at radius 1 is 1.26 bits per heavy atom. The Morgan fingerprint density at radius 3 is 2.84 bits per heavy atom. The first-order valence-electron chi connectivity index (χ1n) is 5.98. The molecule has 0 aliphatic rings. The van der Waals surface area contributed by atoms with E-state index in [0.717, 1.165) is 27.1 Å². The minimum atomic E-state index is 0.864. The molecule has 0 aliphatic heterocycles. The maximum absolute atomic E-state index is 4.40. The molecule has 2 nitrogen and oxygen atoms in total. The SMILES string of the molecule is CCNCc1cc(Br)ccc1Sc1ncccc1Br. The van der Waals surface area contributed by atoms with Crippen molar-refractivity contribution in [1.29, 1.82) is 0 Å². The molecule has 0 unspecified atom stereocenters. The fraction of sp³-hybridized carbons (Fsp3) is 0.214. The van der Waals surface area contributed by atoms with Crippen molar-refractivity contribution in [1.82, 2.24) is 10.3 Å². The second kappa shape index (κ2) is 7.43. The number of nitrogens with one attached hydrogen (secondary N) is 1. The monoisotopic (exact) mass is 400 g/mol. The molecule has 1 aromatic heterocycles. The van der Waals surface area contributed by atoms with Crippen LogP contribution in [0.15, 0.2) is 55.4 Å². The summed E-state index contributed by atoms with van der Waals surface area (Å²) in [5, 5.41) is 4.35. The third-order valence-corrected chi connectivity index (χ3v) is 5.05. The molecular formula is C14H14Br2N2S. The summed E-state index contributed by atoms with van der Waals surface area (Å²) in [5.41, 5.74) is 1.28. The average molecular weight is 402 g/mol. The molecule has 19 heavy (non-hydrogen) atoms. The minimum absolute atomic E-state index is 0.864. The molecule has 0 saturated carbocycles. The normalized spacial score (nSPS) is 10.7. The summed E-state index contributed by atoms with van der Waals surface area (Å²) in [6.07, 6.45) is 1.82. The van der Waals surface area contributed by atoms with Gasteiger partial charge in [-0.15, -0.1) is 0 Å². The Bertz CT molecular complexity index is 561. The first-order chi connectivity index (χ1) is 9.20. The molecule has 0 saturated heterocycles. The van der Waals surface area contributed by atoms with Gasteiger partial charge in [0.2, 0.25) is 0 Å². The van der Waals surface area contributed by atoms with Gasteiger partial charge in [0.1, 0.15) is 5.03 Å². The van der Waals surface area contributed by atoms with Gasteiger partial charge in [0.05, 0.1) is 4.47 Å². The van der Waals surface area contributed by atoms with E-state index >= 15 is 0 Å². The van der Waals surface area contributed by atoms with E-state index in [1.54, 1.807) is 11.8 Å². The molecule has 100 valence electrons. The summed E-state index contributed by atoms with van der Waals surface area (Å²) in [7, 11) is 0. The van der Waals surface area contributed by atoms with Gasteiger partial charge in [0.15, 0.2) is 0 Å². The summed E-state index contributed by atoms with van der Waals surface area (Å²) >= 11 is 8.74. The standard InChI is InChI=1S/C14H14Br2N2S/c1-2-17-9-10-8-11(15)5-6-13(10)19-14-12(16)4-3-7-18-14/h3-8,17H,2,9H2,1H3. The number of benzene rings is 1. The predicted molar refractivity (Wildman–Crippen MR) is 87.6 cm³/mol. The molecule has 2 rings (SSSR count). The highest BCUT2D eigenvalue weighted by molar-refractivity contribution is 9.10. The average Bonchev–Trinajstić information content (AvgIpc) is 2.41. The predicted octanol–water partition coefficient (Wildman–Crippen LogP) is 4.87. The molecule has 0 radical (unpaired) electrons. The third-order valence-electron chi connectivity index (χ3n) is 2.52. The van der Waals surface area contributed by atoms with Crippen LogP contribution < -0.4 is 5.32 Å². The first-order valence-corrected chi connectivity index (χ1v) is 8.38. The van der Waals surface area contributed by atoms with Gasteiger partial charge in [-0.05, 0) is 58.4 Å². The Kier molecular flexibility index (Phi) is 5.88. The smallest absolute Gasteiger partial charge is 0.115 e. The Morgan fingerprint density at radius 2 is 2.11 bits per heavy atom. The molecule has 0 bridgehead atoms. The van der Waals surface area contributed by atoms with Crippen molar-refractivity contribution in [3.8, 4) is 0 Å². The van der Waals surface area contributed by atoms with Crippen molar-refractivity contribution in [2.24, 2.45) is 0 Å². The molecule has 0 atom stereocenters. The number of aromatic nitrogens is 1. The zero-order valence-electron chi connectivity index (χ0n) is 10.5. The van der Waals surface area contributed by atoms with E-state index in [1.165, 1.54) is 10.5 Å². The van der Waals surface area contributed by atoms with Gasteiger partial charge in [0.25, 0.3) is 0 Å². The van der Waals surface area contributed by atoms with Gasteiger partial charge in [-0.25, -0.2) is 4.98 Å². The molecule has 1 heterocycles. The van der Waals surface area contributed by atoms with Crippen LogP contribution in [-0.2, 0) is 6.54 Å². The molecule has 5 heteroatoms. The van der Waals surface area contributed by atoms with Crippen molar-refractivity contribution in [3.63, 3.8) is 0 Å². The summed E-state index contributed by atoms with van der Waals surface area (Å²) < 4.78 is 2.13. The summed E-state index contributed by atoms with van der Waals surface area (Å²) in [4.78, 5) is 5.63. The van der Waals surface area contributed by atoms with Gasteiger partial charge in [0, 0.05) is 22.1 Å². The van der Waals surface area contributed by atoms with E-state index in [1.807, 2.05) is 18.3 Å². The van der Waals surface area contributed by atoms with Gasteiger partial charge < -0.3 is 5.32 Å². The number of hydrogen-bond acceptors (Lipinski definition) is 3. The number of rotatable bonds is 5. The largest absolute Gasteiger partial charge is 0.313 e. The van der Waals surface area contributed by atoms with Crippen LogP contribution in [0.25, 0.3) is 0 Å². The van der Waals surface area contributed by atoms with Crippen LogP contribution in [0.5, 0.6) is 0 Å². The van der Waals surface area contributed by atoms with E-state index in [9.17, 15) is 0 Å². The lowest BCUT2D eigenvalue weighted by atomic mass is 10.2. The highest BCUT2D eigenvalue weighted by atomic mass is 79.9. The first kappa shape index (κ1) is 15.0. The number of nitrogens with zero attached hydrogens (tertiary/aromatic N) is 1. The van der Waals surface area contributed by atoms with Crippen LogP contribution in [0.2, 0.25) is 0 Å². The van der Waals surface area contributed by atoms with Gasteiger partial charge in [-0.1, -0.05) is 34.6 Å². The summed E-state index contributed by atoms with van der Waals surface area (Å²) in [6, 6.07) is 10.3. The van der Waals surface area contributed by atoms with Crippen LogP contribution in [0.3, 0.4) is 0 Å². The van der Waals surface area contributed by atoms with Crippen molar-refractivity contribution < 1.29 is 0 Å². The van der Waals surface area contributed by atoms with Crippen LogP contribution in [-0.4, -0.2) is 11.5 Å². The zero-order chi connectivity index (χ0) is 13.7. The fourth-order valence-corrected chi connectivity index (χ4v) is 3.39. The van der Waals surface area contributed by atoms with Crippen LogP contribution in [0.4, 0.5) is 0 Å². The molecule has 0 fully saturated rings. The van der Waals surface area contributed by atoms with Crippen molar-refractivity contribution in [2.75, 3.05) is 6.54 Å². The van der Waals surface area contributed by atoms with E-state index in [4.69, 9.17) is 0 Å². The molecule has 1 N–H and O–H groups in total. The molecular weight excluding hydrogens is 388 g/mol. The van der Waals surface area contributed by atoms with E-state index < -0.39 is 0 Å². The topological polar surface area (TPSA) is 24.9 Å². The second-order valence-electron chi connectivity index (χ2n) is 3.92. The Hall–Kier alpha value is -0.360. The maximum Gasteiger partial charge on any atom is 0.115 e. The number of halogens is 2. The van der Waals surface area contributed by atoms with Gasteiger partial charge in [-0.3, -0.25) is 0 Å². The molecule has 2 aromatic rings. The molecule has 0 amide bonds. The summed E-state index contributed by atoms with van der Waals surface area (Å²) in [6.45, 7) is 3.94. The highest BCUT2D eigenvalue weighted by Gasteiger charge is 2.08. The lowest BCUT2D eigenvalue weighted by Crippen LogP contribution is -2.12.